The fraction of sp³-hybridized carbons (Fsp3) is 0.278. The van der Waals surface area contributed by atoms with Crippen LogP contribution in [-0.2, 0) is 17.8 Å². The molecule has 2 aromatic rings. The maximum atomic E-state index is 11.5. The molecule has 0 saturated carbocycles. The smallest absolute Gasteiger partial charge is 0.219 e. The average molecular weight is 392 g/mol. The average Bonchev–Trinajstić information content (AvgIpc) is 2.97. The predicted octanol–water partition coefficient (Wildman–Crippen LogP) is 4.87. The van der Waals surface area contributed by atoms with Gasteiger partial charge in [-0.05, 0) is 48.4 Å². The lowest BCUT2D eigenvalue weighted by Crippen LogP contribution is -2.23. The van der Waals surface area contributed by atoms with E-state index in [-0.39, 0.29) is 5.91 Å². The number of carbonyl (C=O) groups is 1. The zero-order valence-electron chi connectivity index (χ0n) is 13.1. The van der Waals surface area contributed by atoms with Crippen LogP contribution in [0.15, 0.2) is 45.8 Å². The molecule has 1 aliphatic heterocycles. The first kappa shape index (κ1) is 16.4. The lowest BCUT2D eigenvalue weighted by atomic mass is 10.1. The number of fused-ring (bicyclic) bond motifs is 1. The Kier molecular flexibility index (Phi) is 4.97. The molecule has 1 amide bonds. The summed E-state index contributed by atoms with van der Waals surface area (Å²) < 4.78 is 7.08. The van der Waals surface area contributed by atoms with E-state index in [1.54, 1.807) is 18.9 Å². The van der Waals surface area contributed by atoms with Crippen molar-refractivity contribution in [3.8, 4) is 11.5 Å². The summed E-state index contributed by atoms with van der Waals surface area (Å²) in [5.41, 5.74) is 2.33. The van der Waals surface area contributed by atoms with E-state index in [1.165, 1.54) is 10.5 Å². The van der Waals surface area contributed by atoms with Crippen LogP contribution in [0.3, 0.4) is 0 Å². The molecule has 0 aromatic heterocycles. The van der Waals surface area contributed by atoms with Gasteiger partial charge < -0.3 is 9.64 Å². The van der Waals surface area contributed by atoms with Gasteiger partial charge >= 0.3 is 0 Å². The fourth-order valence-corrected chi connectivity index (χ4v) is 3.95. The van der Waals surface area contributed by atoms with Gasteiger partial charge in [0.05, 0.1) is 0 Å². The summed E-state index contributed by atoms with van der Waals surface area (Å²) in [6.07, 6.45) is 1.09. The lowest BCUT2D eigenvalue weighted by Gasteiger charge is -2.18. The number of nitrogens with zero attached hydrogens (tertiary/aromatic N) is 1. The van der Waals surface area contributed by atoms with Crippen molar-refractivity contribution in [2.24, 2.45) is 0 Å². The van der Waals surface area contributed by atoms with Gasteiger partial charge in [-0.25, -0.2) is 0 Å². The third-order valence-corrected chi connectivity index (χ3v) is 5.47. The Balaban J connectivity index is 1.86. The van der Waals surface area contributed by atoms with E-state index in [2.05, 4.69) is 28.1 Å². The van der Waals surface area contributed by atoms with Crippen molar-refractivity contribution < 1.29 is 9.53 Å². The van der Waals surface area contributed by atoms with Crippen molar-refractivity contribution in [3.63, 3.8) is 0 Å². The number of ether oxygens (including phenoxy) is 1. The van der Waals surface area contributed by atoms with Crippen LogP contribution in [0.2, 0.25) is 0 Å². The Morgan fingerprint density at radius 2 is 2.13 bits per heavy atom. The molecule has 5 heteroatoms. The fourth-order valence-electron chi connectivity index (χ4n) is 2.49. The number of rotatable bonds is 4. The van der Waals surface area contributed by atoms with Crippen molar-refractivity contribution in [1.29, 1.82) is 0 Å². The summed E-state index contributed by atoms with van der Waals surface area (Å²) in [5.74, 6) is 2.81. The molecule has 0 atom stereocenters. The van der Waals surface area contributed by atoms with E-state index in [0.717, 1.165) is 33.7 Å². The first-order chi connectivity index (χ1) is 11.0. The van der Waals surface area contributed by atoms with E-state index < -0.39 is 0 Å². The Morgan fingerprint density at radius 1 is 1.30 bits per heavy atom. The molecular formula is C18H18BrNO2S. The zero-order chi connectivity index (χ0) is 16.4. The first-order valence-electron chi connectivity index (χ1n) is 7.46. The van der Waals surface area contributed by atoms with Crippen LogP contribution in [0.25, 0.3) is 0 Å². The van der Waals surface area contributed by atoms with E-state index >= 15 is 0 Å². The molecule has 0 N–H and O–H groups in total. The molecule has 0 aliphatic carbocycles. The number of aryl methyl sites for hydroxylation is 1. The second-order valence-electron chi connectivity index (χ2n) is 5.60. The number of hydrogen-bond donors (Lipinski definition) is 0. The quantitative estimate of drug-likeness (QED) is 0.744. The van der Waals surface area contributed by atoms with Gasteiger partial charge in [0.2, 0.25) is 5.91 Å². The van der Waals surface area contributed by atoms with Gasteiger partial charge in [0, 0.05) is 41.2 Å². The minimum atomic E-state index is 0.0329. The van der Waals surface area contributed by atoms with E-state index in [1.807, 2.05) is 36.0 Å². The molecule has 0 unspecified atom stereocenters. The van der Waals surface area contributed by atoms with Crippen molar-refractivity contribution >= 4 is 33.6 Å². The zero-order valence-corrected chi connectivity index (χ0v) is 15.5. The molecule has 0 saturated heterocycles. The maximum Gasteiger partial charge on any atom is 0.219 e. The highest BCUT2D eigenvalue weighted by Gasteiger charge is 2.14. The number of benzene rings is 2. The third kappa shape index (κ3) is 3.90. The van der Waals surface area contributed by atoms with Crippen molar-refractivity contribution in [3.05, 3.63) is 52.0 Å². The first-order valence-corrected chi connectivity index (χ1v) is 9.24. The summed E-state index contributed by atoms with van der Waals surface area (Å²) in [7, 11) is 1.79. The standard InChI is InChI=1S/C18H18BrNO2S/c1-12(21)20(2)11-14-9-15(19)3-5-17(14)22-16-4-6-18-13(10-16)7-8-23-18/h3-6,9-10H,7-8,11H2,1-2H3. The number of halogens is 1. The largest absolute Gasteiger partial charge is 0.457 e. The van der Waals surface area contributed by atoms with E-state index in [9.17, 15) is 4.79 Å². The van der Waals surface area contributed by atoms with Gasteiger partial charge in [-0.1, -0.05) is 15.9 Å². The normalized spacial score (nSPS) is 12.8. The molecule has 3 rings (SSSR count). The topological polar surface area (TPSA) is 29.5 Å². The van der Waals surface area contributed by atoms with Crippen LogP contribution < -0.4 is 4.74 Å². The molecule has 1 heterocycles. The van der Waals surface area contributed by atoms with Gasteiger partial charge in [-0.15, -0.1) is 11.8 Å². The highest BCUT2D eigenvalue weighted by molar-refractivity contribution is 9.10. The summed E-state index contributed by atoms with van der Waals surface area (Å²) in [4.78, 5) is 14.5. The summed E-state index contributed by atoms with van der Waals surface area (Å²) >= 11 is 5.38. The van der Waals surface area contributed by atoms with Crippen LogP contribution in [0, 0.1) is 0 Å². The minimum Gasteiger partial charge on any atom is -0.457 e. The van der Waals surface area contributed by atoms with Gasteiger partial charge in [-0.3, -0.25) is 4.79 Å². The molecule has 0 bridgehead atoms. The van der Waals surface area contributed by atoms with Crippen molar-refractivity contribution in [1.82, 2.24) is 4.90 Å². The molecule has 120 valence electrons. The van der Waals surface area contributed by atoms with Gasteiger partial charge in [0.15, 0.2) is 0 Å². The van der Waals surface area contributed by atoms with Crippen LogP contribution in [0.5, 0.6) is 11.5 Å². The number of carbonyl (C=O) groups excluding carboxylic acids is 1. The molecule has 2 aromatic carbocycles. The molecule has 23 heavy (non-hydrogen) atoms. The van der Waals surface area contributed by atoms with Crippen molar-refractivity contribution in [2.45, 2.75) is 24.8 Å². The van der Waals surface area contributed by atoms with E-state index in [4.69, 9.17) is 4.74 Å². The maximum absolute atomic E-state index is 11.5. The number of amides is 1. The van der Waals surface area contributed by atoms with Crippen molar-refractivity contribution in [2.75, 3.05) is 12.8 Å². The second-order valence-corrected chi connectivity index (χ2v) is 7.65. The van der Waals surface area contributed by atoms with E-state index in [0.29, 0.717) is 6.54 Å². The second kappa shape index (κ2) is 6.97. The van der Waals surface area contributed by atoms with Gasteiger partial charge in [0.25, 0.3) is 0 Å². The number of thioether (sulfide) groups is 1. The van der Waals surface area contributed by atoms with Crippen LogP contribution in [0.4, 0.5) is 0 Å². The summed E-state index contributed by atoms with van der Waals surface area (Å²) in [5, 5.41) is 0. The summed E-state index contributed by atoms with van der Waals surface area (Å²) in [6, 6.07) is 12.2. The Bertz CT molecular complexity index is 748. The lowest BCUT2D eigenvalue weighted by molar-refractivity contribution is -0.128. The predicted molar refractivity (Wildman–Crippen MR) is 97.2 cm³/mol. The van der Waals surface area contributed by atoms with Crippen LogP contribution in [-0.4, -0.2) is 23.6 Å². The number of hydrogen-bond acceptors (Lipinski definition) is 3. The van der Waals surface area contributed by atoms with Gasteiger partial charge in [0.1, 0.15) is 11.5 Å². The highest BCUT2D eigenvalue weighted by atomic mass is 79.9. The molecule has 1 aliphatic rings. The molecule has 0 spiro atoms. The monoisotopic (exact) mass is 391 g/mol. The molecule has 0 radical (unpaired) electrons. The molecule has 0 fully saturated rings. The Labute approximate surface area is 149 Å². The minimum absolute atomic E-state index is 0.0329. The Hall–Kier alpha value is -1.46. The summed E-state index contributed by atoms with van der Waals surface area (Å²) in [6.45, 7) is 2.08. The van der Waals surface area contributed by atoms with Gasteiger partial charge in [-0.2, -0.15) is 0 Å². The Morgan fingerprint density at radius 3 is 2.91 bits per heavy atom. The molecular weight excluding hydrogens is 374 g/mol. The highest BCUT2D eigenvalue weighted by Crippen LogP contribution is 2.36. The third-order valence-electron chi connectivity index (χ3n) is 3.86. The SMILES string of the molecule is CC(=O)N(C)Cc1cc(Br)ccc1Oc1ccc2c(c1)CCS2. The van der Waals surface area contributed by atoms with Crippen LogP contribution in [0.1, 0.15) is 18.1 Å². The van der Waals surface area contributed by atoms with Crippen LogP contribution >= 0.6 is 27.7 Å². The molecule has 3 nitrogen and oxygen atoms in total.